The number of aliphatic imine (C=N–C) groups is 2. The molecule has 0 radical (unpaired) electrons. The van der Waals surface area contributed by atoms with Gasteiger partial charge in [-0.3, -0.25) is 0 Å². The van der Waals surface area contributed by atoms with Crippen LogP contribution in [0.3, 0.4) is 0 Å². The van der Waals surface area contributed by atoms with Gasteiger partial charge in [-0.25, -0.2) is 9.98 Å². The number of fused-ring (bicyclic) bond motifs is 6. The van der Waals surface area contributed by atoms with Crippen LogP contribution < -0.4 is 5.32 Å². The molecule has 0 saturated heterocycles. The summed E-state index contributed by atoms with van der Waals surface area (Å²) in [4.78, 5) is 11.0. The standard InChI is InChI=1S/C52H35N3/c1-3-20-41(21-4-1)52(42-22-5-2-6-23-42)45-26-14-13-25-44(45)47-46(52)33-38-19-11-12-24-43(38)48(47)51-54-49(39-29-27-34-15-7-9-17-36(34)31-39)53-50(55-51)40-30-28-35-16-8-10-18-37(35)32-40/h1-33,49H,(H,53,54,55). The van der Waals surface area contributed by atoms with Crippen molar-refractivity contribution in [3.05, 3.63) is 239 Å². The molecule has 1 N–H and O–H groups in total. The van der Waals surface area contributed by atoms with Gasteiger partial charge in [0.25, 0.3) is 0 Å². The maximum atomic E-state index is 5.58. The third kappa shape index (κ3) is 4.90. The molecule has 1 unspecified atom stereocenters. The lowest BCUT2D eigenvalue weighted by molar-refractivity contribution is 0.756. The molecular formula is C52H35N3. The molecule has 9 aromatic carbocycles. The zero-order chi connectivity index (χ0) is 36.3. The Morgan fingerprint density at radius 1 is 0.400 bits per heavy atom. The van der Waals surface area contributed by atoms with Crippen molar-refractivity contribution >= 4 is 44.0 Å². The summed E-state index contributed by atoms with van der Waals surface area (Å²) in [6.07, 6.45) is -0.457. The molecule has 11 rings (SSSR count). The van der Waals surface area contributed by atoms with Crippen LogP contribution in [-0.4, -0.2) is 11.7 Å². The van der Waals surface area contributed by atoms with Crippen molar-refractivity contribution in [2.45, 2.75) is 11.6 Å². The Hall–Kier alpha value is -7.10. The van der Waals surface area contributed by atoms with Crippen molar-refractivity contribution in [3.63, 3.8) is 0 Å². The Morgan fingerprint density at radius 3 is 1.69 bits per heavy atom. The lowest BCUT2D eigenvalue weighted by Crippen LogP contribution is -2.36. The Balaban J connectivity index is 1.21. The second-order valence-electron chi connectivity index (χ2n) is 14.5. The van der Waals surface area contributed by atoms with E-state index in [1.807, 2.05) is 0 Å². The first kappa shape index (κ1) is 31.4. The van der Waals surface area contributed by atoms with E-state index in [9.17, 15) is 0 Å². The maximum Gasteiger partial charge on any atom is 0.169 e. The number of amidine groups is 2. The van der Waals surface area contributed by atoms with Gasteiger partial charge in [0.2, 0.25) is 0 Å². The number of hydrogen-bond donors (Lipinski definition) is 1. The van der Waals surface area contributed by atoms with Crippen molar-refractivity contribution in [1.82, 2.24) is 5.32 Å². The van der Waals surface area contributed by atoms with Gasteiger partial charge in [0, 0.05) is 11.1 Å². The highest BCUT2D eigenvalue weighted by molar-refractivity contribution is 6.24. The van der Waals surface area contributed by atoms with E-state index in [2.05, 4.69) is 206 Å². The molecule has 258 valence electrons. The van der Waals surface area contributed by atoms with Crippen LogP contribution in [0.5, 0.6) is 0 Å². The van der Waals surface area contributed by atoms with Crippen LogP contribution in [0.2, 0.25) is 0 Å². The summed E-state index contributed by atoms with van der Waals surface area (Å²) in [5.74, 6) is 1.62. The smallest absolute Gasteiger partial charge is 0.169 e. The minimum atomic E-state index is -0.546. The SMILES string of the molecule is c1ccc(C2(c3ccccc3)c3ccccc3-c3c2cc2ccccc2c3C2=NC(c3ccc4ccccc4c3)N=C(c3ccc4ccccc4c3)N2)cc1. The molecule has 3 heteroatoms. The molecule has 55 heavy (non-hydrogen) atoms. The fourth-order valence-electron chi connectivity index (χ4n) is 9.09. The topological polar surface area (TPSA) is 36.8 Å². The molecule has 1 atom stereocenters. The van der Waals surface area contributed by atoms with E-state index in [1.165, 1.54) is 60.3 Å². The Morgan fingerprint density at radius 2 is 0.964 bits per heavy atom. The molecule has 0 bridgehead atoms. The van der Waals surface area contributed by atoms with Crippen LogP contribution in [0.4, 0.5) is 0 Å². The van der Waals surface area contributed by atoms with Gasteiger partial charge in [0.05, 0.1) is 5.41 Å². The second kappa shape index (κ2) is 12.5. The molecule has 0 spiro atoms. The number of nitrogens with zero attached hydrogens (tertiary/aromatic N) is 2. The summed E-state index contributed by atoms with van der Waals surface area (Å²) in [5.41, 5.74) is 10.0. The molecule has 1 heterocycles. The largest absolute Gasteiger partial charge is 0.324 e. The molecule has 0 fully saturated rings. The molecule has 1 aliphatic heterocycles. The van der Waals surface area contributed by atoms with Crippen molar-refractivity contribution in [2.75, 3.05) is 0 Å². The molecule has 9 aromatic rings. The Bertz CT molecular complexity index is 2980. The third-order valence-corrected chi connectivity index (χ3v) is 11.5. The van der Waals surface area contributed by atoms with E-state index in [4.69, 9.17) is 9.98 Å². The molecule has 1 aliphatic carbocycles. The normalized spacial score (nSPS) is 15.6. The van der Waals surface area contributed by atoms with Gasteiger partial charge in [0.1, 0.15) is 11.7 Å². The maximum absolute atomic E-state index is 5.58. The zero-order valence-electron chi connectivity index (χ0n) is 30.0. The number of benzene rings is 9. The molecule has 0 saturated carbocycles. The predicted octanol–water partition coefficient (Wildman–Crippen LogP) is 12.0. The van der Waals surface area contributed by atoms with Gasteiger partial charge in [-0.05, 0) is 89.5 Å². The Labute approximate surface area is 320 Å². The summed E-state index contributed by atoms with van der Waals surface area (Å²) in [5, 5.41) is 10.9. The van der Waals surface area contributed by atoms with E-state index in [0.29, 0.717) is 0 Å². The van der Waals surface area contributed by atoms with Crippen LogP contribution in [0.15, 0.2) is 210 Å². The van der Waals surface area contributed by atoms with Crippen LogP contribution in [0.25, 0.3) is 43.4 Å². The van der Waals surface area contributed by atoms with E-state index in [0.717, 1.165) is 33.7 Å². The van der Waals surface area contributed by atoms with Crippen LogP contribution in [-0.2, 0) is 5.41 Å². The van der Waals surface area contributed by atoms with E-state index < -0.39 is 11.6 Å². The quantitative estimate of drug-likeness (QED) is 0.191. The molecule has 3 nitrogen and oxygen atoms in total. The van der Waals surface area contributed by atoms with Crippen LogP contribution >= 0.6 is 0 Å². The van der Waals surface area contributed by atoms with E-state index in [-0.39, 0.29) is 0 Å². The molecule has 0 aromatic heterocycles. The first-order valence-corrected chi connectivity index (χ1v) is 18.9. The van der Waals surface area contributed by atoms with Gasteiger partial charge >= 0.3 is 0 Å². The minimum Gasteiger partial charge on any atom is -0.324 e. The van der Waals surface area contributed by atoms with Crippen molar-refractivity contribution in [3.8, 4) is 11.1 Å². The fourth-order valence-corrected chi connectivity index (χ4v) is 9.09. The molecule has 0 amide bonds. The summed E-state index contributed by atoms with van der Waals surface area (Å²) in [6.45, 7) is 0. The van der Waals surface area contributed by atoms with E-state index in [1.54, 1.807) is 0 Å². The highest BCUT2D eigenvalue weighted by Gasteiger charge is 2.47. The summed E-state index contributed by atoms with van der Waals surface area (Å²) < 4.78 is 0. The first-order chi connectivity index (χ1) is 27.3. The summed E-state index contributed by atoms with van der Waals surface area (Å²) in [7, 11) is 0. The monoisotopic (exact) mass is 701 g/mol. The zero-order valence-corrected chi connectivity index (χ0v) is 30.0. The van der Waals surface area contributed by atoms with Gasteiger partial charge < -0.3 is 5.32 Å². The second-order valence-corrected chi connectivity index (χ2v) is 14.5. The summed E-state index contributed by atoms with van der Waals surface area (Å²) in [6, 6.07) is 72.4. The third-order valence-electron chi connectivity index (χ3n) is 11.5. The average molecular weight is 702 g/mol. The first-order valence-electron chi connectivity index (χ1n) is 18.9. The van der Waals surface area contributed by atoms with Gasteiger partial charge in [0.15, 0.2) is 6.17 Å². The minimum absolute atomic E-state index is 0.457. The fraction of sp³-hybridized carbons (Fsp3) is 0.0385. The Kier molecular flexibility index (Phi) is 7.14. The van der Waals surface area contributed by atoms with Crippen molar-refractivity contribution < 1.29 is 0 Å². The molecular weight excluding hydrogens is 667 g/mol. The van der Waals surface area contributed by atoms with Gasteiger partial charge in [-0.1, -0.05) is 182 Å². The van der Waals surface area contributed by atoms with Crippen LogP contribution in [0.1, 0.15) is 45.1 Å². The number of hydrogen-bond acceptors (Lipinski definition) is 3. The summed E-state index contributed by atoms with van der Waals surface area (Å²) >= 11 is 0. The van der Waals surface area contributed by atoms with Crippen LogP contribution in [0, 0.1) is 0 Å². The van der Waals surface area contributed by atoms with Crippen molar-refractivity contribution in [2.24, 2.45) is 9.98 Å². The van der Waals surface area contributed by atoms with Crippen molar-refractivity contribution in [1.29, 1.82) is 0 Å². The van der Waals surface area contributed by atoms with Gasteiger partial charge in [-0.15, -0.1) is 0 Å². The number of rotatable bonds is 5. The number of nitrogens with one attached hydrogen (secondary N) is 1. The lowest BCUT2D eigenvalue weighted by Gasteiger charge is -2.34. The predicted molar refractivity (Wildman–Crippen MR) is 228 cm³/mol. The van der Waals surface area contributed by atoms with E-state index >= 15 is 0 Å². The molecule has 2 aliphatic rings. The van der Waals surface area contributed by atoms with Gasteiger partial charge in [-0.2, -0.15) is 0 Å². The lowest BCUT2D eigenvalue weighted by atomic mass is 9.67. The highest BCUT2D eigenvalue weighted by atomic mass is 15.2. The average Bonchev–Trinajstić information content (AvgIpc) is 3.56. The highest BCUT2D eigenvalue weighted by Crippen LogP contribution is 2.58.